The molecule has 21 heavy (non-hydrogen) atoms. The number of piperidine rings is 1. The van der Waals surface area contributed by atoms with Gasteiger partial charge < -0.3 is 15.0 Å². The summed E-state index contributed by atoms with van der Waals surface area (Å²) >= 11 is 0. The molecule has 4 heteroatoms. The molecule has 0 aliphatic carbocycles. The largest absolute Gasteiger partial charge is 0.380 e. The molecule has 0 amide bonds. The fraction of sp³-hybridized carbons (Fsp3) is 0.706. The second kappa shape index (κ2) is 8.35. The molecule has 0 bridgehead atoms. The van der Waals surface area contributed by atoms with E-state index < -0.39 is 0 Å². The SMILES string of the molecule is CCOCC(NC1CCN(c2ccncc2)CC1)C(C)C. The quantitative estimate of drug-likeness (QED) is 0.838. The van der Waals surface area contributed by atoms with Crippen LogP contribution >= 0.6 is 0 Å². The molecule has 1 aliphatic heterocycles. The Hall–Kier alpha value is -1.13. The molecule has 0 spiro atoms. The zero-order chi connectivity index (χ0) is 15.1. The molecule has 2 heterocycles. The predicted octanol–water partition coefficient (Wildman–Crippen LogP) is 2.70. The molecule has 1 N–H and O–H groups in total. The molecule has 1 fully saturated rings. The lowest BCUT2D eigenvalue weighted by Crippen LogP contribution is -2.49. The molecular weight excluding hydrogens is 262 g/mol. The van der Waals surface area contributed by atoms with Gasteiger partial charge in [0.2, 0.25) is 0 Å². The van der Waals surface area contributed by atoms with Crippen molar-refractivity contribution in [2.24, 2.45) is 5.92 Å². The maximum absolute atomic E-state index is 5.61. The number of nitrogens with one attached hydrogen (secondary N) is 1. The highest BCUT2D eigenvalue weighted by atomic mass is 16.5. The van der Waals surface area contributed by atoms with Gasteiger partial charge in [-0.15, -0.1) is 0 Å². The van der Waals surface area contributed by atoms with Crippen LogP contribution in [-0.2, 0) is 4.74 Å². The Labute approximate surface area is 128 Å². The van der Waals surface area contributed by atoms with Gasteiger partial charge in [-0.3, -0.25) is 4.98 Å². The summed E-state index contributed by atoms with van der Waals surface area (Å²) in [7, 11) is 0. The van der Waals surface area contributed by atoms with Crippen molar-refractivity contribution in [1.82, 2.24) is 10.3 Å². The third-order valence-electron chi connectivity index (χ3n) is 4.28. The predicted molar refractivity (Wildman–Crippen MR) is 87.7 cm³/mol. The summed E-state index contributed by atoms with van der Waals surface area (Å²) in [4.78, 5) is 6.54. The molecule has 0 saturated carbocycles. The van der Waals surface area contributed by atoms with Gasteiger partial charge >= 0.3 is 0 Å². The summed E-state index contributed by atoms with van der Waals surface area (Å²) in [6, 6.07) is 5.26. The van der Waals surface area contributed by atoms with Gasteiger partial charge in [-0.25, -0.2) is 0 Å². The lowest BCUT2D eigenvalue weighted by Gasteiger charge is -2.36. The Morgan fingerprint density at radius 3 is 2.52 bits per heavy atom. The highest BCUT2D eigenvalue weighted by Crippen LogP contribution is 2.19. The van der Waals surface area contributed by atoms with Crippen molar-refractivity contribution in [3.05, 3.63) is 24.5 Å². The van der Waals surface area contributed by atoms with Gasteiger partial charge in [0.1, 0.15) is 0 Å². The Kier molecular flexibility index (Phi) is 6.46. The number of ether oxygens (including phenoxy) is 1. The van der Waals surface area contributed by atoms with Crippen LogP contribution in [0.4, 0.5) is 5.69 Å². The van der Waals surface area contributed by atoms with E-state index in [1.807, 2.05) is 12.4 Å². The first kappa shape index (κ1) is 16.2. The number of hydrogen-bond donors (Lipinski definition) is 1. The van der Waals surface area contributed by atoms with E-state index in [2.05, 4.69) is 48.1 Å². The normalized spacial score (nSPS) is 18.2. The number of nitrogens with zero attached hydrogens (tertiary/aromatic N) is 2. The van der Waals surface area contributed by atoms with E-state index in [0.29, 0.717) is 18.0 Å². The number of rotatable bonds is 7. The van der Waals surface area contributed by atoms with E-state index in [9.17, 15) is 0 Å². The van der Waals surface area contributed by atoms with E-state index in [4.69, 9.17) is 4.74 Å². The molecule has 1 unspecified atom stereocenters. The molecule has 1 atom stereocenters. The van der Waals surface area contributed by atoms with E-state index >= 15 is 0 Å². The Balaban J connectivity index is 1.80. The molecule has 0 radical (unpaired) electrons. The van der Waals surface area contributed by atoms with Gasteiger partial charge in [0, 0.05) is 49.9 Å². The molecule has 118 valence electrons. The smallest absolute Gasteiger partial charge is 0.0622 e. The third kappa shape index (κ3) is 4.97. The van der Waals surface area contributed by atoms with Crippen LogP contribution in [0.1, 0.15) is 33.6 Å². The monoisotopic (exact) mass is 291 g/mol. The van der Waals surface area contributed by atoms with Crippen LogP contribution in [0.5, 0.6) is 0 Å². The summed E-state index contributed by atoms with van der Waals surface area (Å²) in [5.74, 6) is 0.606. The number of pyridine rings is 1. The van der Waals surface area contributed by atoms with Crippen molar-refractivity contribution in [3.8, 4) is 0 Å². The second-order valence-corrected chi connectivity index (χ2v) is 6.14. The summed E-state index contributed by atoms with van der Waals surface area (Å²) in [5.41, 5.74) is 1.29. The van der Waals surface area contributed by atoms with E-state index in [-0.39, 0.29) is 0 Å². The third-order valence-corrected chi connectivity index (χ3v) is 4.28. The van der Waals surface area contributed by atoms with Gasteiger partial charge in [0.15, 0.2) is 0 Å². The Morgan fingerprint density at radius 2 is 1.95 bits per heavy atom. The molecule has 1 saturated heterocycles. The van der Waals surface area contributed by atoms with Crippen LogP contribution in [0.25, 0.3) is 0 Å². The van der Waals surface area contributed by atoms with Gasteiger partial charge in [-0.1, -0.05) is 13.8 Å². The zero-order valence-corrected chi connectivity index (χ0v) is 13.6. The molecular formula is C17H29N3O. The highest BCUT2D eigenvalue weighted by molar-refractivity contribution is 5.44. The number of hydrogen-bond acceptors (Lipinski definition) is 4. The van der Waals surface area contributed by atoms with E-state index in [0.717, 1.165) is 26.3 Å². The lowest BCUT2D eigenvalue weighted by molar-refractivity contribution is 0.101. The minimum absolute atomic E-state index is 0.461. The molecule has 4 nitrogen and oxygen atoms in total. The van der Waals surface area contributed by atoms with Crippen molar-refractivity contribution in [3.63, 3.8) is 0 Å². The molecule has 0 aromatic carbocycles. The van der Waals surface area contributed by atoms with E-state index in [1.54, 1.807) is 0 Å². The minimum Gasteiger partial charge on any atom is -0.380 e. The van der Waals surface area contributed by atoms with Crippen molar-refractivity contribution in [2.45, 2.75) is 45.7 Å². The fourth-order valence-electron chi connectivity index (χ4n) is 2.84. The minimum atomic E-state index is 0.461. The molecule has 1 aromatic heterocycles. The molecule has 1 aliphatic rings. The highest BCUT2D eigenvalue weighted by Gasteiger charge is 2.23. The van der Waals surface area contributed by atoms with Crippen LogP contribution < -0.4 is 10.2 Å². The topological polar surface area (TPSA) is 37.4 Å². The summed E-state index contributed by atoms with van der Waals surface area (Å²) < 4.78 is 5.61. The first-order chi connectivity index (χ1) is 10.2. The summed E-state index contributed by atoms with van der Waals surface area (Å²) in [6.45, 7) is 10.4. The second-order valence-electron chi connectivity index (χ2n) is 6.14. The maximum Gasteiger partial charge on any atom is 0.0622 e. The van der Waals surface area contributed by atoms with Gasteiger partial charge in [-0.05, 0) is 37.8 Å². The van der Waals surface area contributed by atoms with Crippen LogP contribution in [0.2, 0.25) is 0 Å². The van der Waals surface area contributed by atoms with Crippen molar-refractivity contribution in [1.29, 1.82) is 0 Å². The average molecular weight is 291 g/mol. The fourth-order valence-corrected chi connectivity index (χ4v) is 2.84. The molecule has 2 rings (SSSR count). The van der Waals surface area contributed by atoms with Crippen LogP contribution in [0.3, 0.4) is 0 Å². The summed E-state index contributed by atoms with van der Waals surface area (Å²) in [5, 5.41) is 3.80. The Morgan fingerprint density at radius 1 is 1.29 bits per heavy atom. The first-order valence-electron chi connectivity index (χ1n) is 8.19. The van der Waals surface area contributed by atoms with Gasteiger partial charge in [-0.2, -0.15) is 0 Å². The molecule has 1 aromatic rings. The van der Waals surface area contributed by atoms with Gasteiger partial charge in [0.05, 0.1) is 6.61 Å². The van der Waals surface area contributed by atoms with Gasteiger partial charge in [0.25, 0.3) is 0 Å². The first-order valence-corrected chi connectivity index (χ1v) is 8.19. The number of aromatic nitrogens is 1. The van der Waals surface area contributed by atoms with Crippen molar-refractivity contribution in [2.75, 3.05) is 31.2 Å². The summed E-state index contributed by atoms with van der Waals surface area (Å²) in [6.07, 6.45) is 6.13. The van der Waals surface area contributed by atoms with E-state index in [1.165, 1.54) is 18.5 Å². The number of anilines is 1. The van der Waals surface area contributed by atoms with Crippen LogP contribution in [0.15, 0.2) is 24.5 Å². The lowest BCUT2D eigenvalue weighted by atomic mass is 9.99. The standard InChI is InChI=1S/C17H29N3O/c1-4-21-13-17(14(2)3)19-15-7-11-20(12-8-15)16-5-9-18-10-6-16/h5-6,9-10,14-15,17,19H,4,7-8,11-13H2,1-3H3. The Bertz CT molecular complexity index is 388. The average Bonchev–Trinajstić information content (AvgIpc) is 2.52. The van der Waals surface area contributed by atoms with Crippen molar-refractivity contribution < 1.29 is 4.74 Å². The van der Waals surface area contributed by atoms with Crippen molar-refractivity contribution >= 4 is 5.69 Å². The van der Waals surface area contributed by atoms with Crippen LogP contribution in [0, 0.1) is 5.92 Å². The zero-order valence-electron chi connectivity index (χ0n) is 13.6. The maximum atomic E-state index is 5.61. The van der Waals surface area contributed by atoms with Crippen LogP contribution in [-0.4, -0.2) is 43.4 Å².